The summed E-state index contributed by atoms with van der Waals surface area (Å²) in [6, 6.07) is 13.5. The highest BCUT2D eigenvalue weighted by Gasteiger charge is 2.21. The van der Waals surface area contributed by atoms with Crippen LogP contribution < -0.4 is 15.2 Å². The number of aromatic nitrogens is 4. The van der Waals surface area contributed by atoms with E-state index in [-0.39, 0.29) is 5.91 Å². The first-order chi connectivity index (χ1) is 12.5. The fraction of sp³-hybridized carbons (Fsp3) is 0.263. The monoisotopic (exact) mass is 350 g/mol. The summed E-state index contributed by atoms with van der Waals surface area (Å²) >= 11 is 0. The lowest BCUT2D eigenvalue weighted by molar-refractivity contribution is -0.117. The highest BCUT2D eigenvalue weighted by molar-refractivity contribution is 5.95. The van der Waals surface area contributed by atoms with E-state index in [0.717, 1.165) is 28.1 Å². The zero-order chi connectivity index (χ0) is 18.5. The number of anilines is 1. The van der Waals surface area contributed by atoms with Crippen molar-refractivity contribution in [2.24, 2.45) is 0 Å². The second-order valence-electron chi connectivity index (χ2n) is 6.21. The molecule has 0 spiro atoms. The van der Waals surface area contributed by atoms with Crippen LogP contribution in [0.2, 0.25) is 0 Å². The number of nitrogens with one attached hydrogen (secondary N) is 1. The third-order valence-electron chi connectivity index (χ3n) is 4.03. The number of aryl methyl sites for hydroxylation is 2. The maximum absolute atomic E-state index is 12.9. The summed E-state index contributed by atoms with van der Waals surface area (Å²) in [5.41, 5.74) is 3.85. The first-order valence-corrected chi connectivity index (χ1v) is 8.26. The van der Waals surface area contributed by atoms with Gasteiger partial charge in [-0.1, -0.05) is 18.2 Å². The van der Waals surface area contributed by atoms with Crippen molar-refractivity contribution in [3.8, 4) is 5.75 Å². The number of rotatable bonds is 6. The Kier molecular flexibility index (Phi) is 5.26. The van der Waals surface area contributed by atoms with E-state index in [9.17, 15) is 4.79 Å². The van der Waals surface area contributed by atoms with Gasteiger partial charge in [-0.15, -0.1) is 0 Å². The van der Waals surface area contributed by atoms with Crippen molar-refractivity contribution in [3.05, 3.63) is 65.0 Å². The average Bonchev–Trinajstić information content (AvgIpc) is 3.13. The molecular weight excluding hydrogens is 330 g/mol. The van der Waals surface area contributed by atoms with Crippen LogP contribution in [-0.4, -0.2) is 28.5 Å². The third-order valence-corrected chi connectivity index (χ3v) is 4.03. The van der Waals surface area contributed by atoms with Crippen LogP contribution in [0.25, 0.3) is 0 Å². The summed E-state index contributed by atoms with van der Waals surface area (Å²) in [6.45, 7) is 3.98. The van der Waals surface area contributed by atoms with E-state index in [2.05, 4.69) is 32.0 Å². The summed E-state index contributed by atoms with van der Waals surface area (Å²) in [7, 11) is 1.61. The molecule has 1 aromatic heterocycles. The number of amides is 1. The maximum atomic E-state index is 12.9. The molecule has 0 aliphatic rings. The molecule has 1 amide bonds. The molecule has 0 bridgehead atoms. The van der Waals surface area contributed by atoms with Crippen molar-refractivity contribution in [3.63, 3.8) is 0 Å². The maximum Gasteiger partial charge on any atom is 0.232 e. The number of methoxy groups -OCH3 is 1. The Hall–Kier alpha value is -3.22. The Balaban J connectivity index is 1.85. The number of benzene rings is 2. The number of hydrogen-bond acceptors (Lipinski definition) is 5. The average molecular weight is 350 g/mol. The fourth-order valence-corrected chi connectivity index (χ4v) is 2.90. The van der Waals surface area contributed by atoms with E-state index >= 15 is 0 Å². The minimum absolute atomic E-state index is 0.201. The summed E-state index contributed by atoms with van der Waals surface area (Å²) in [6.07, 6.45) is 0.418. The summed E-state index contributed by atoms with van der Waals surface area (Å²) in [4.78, 5) is 12.9. The van der Waals surface area contributed by atoms with E-state index in [4.69, 9.17) is 4.74 Å². The molecule has 3 aromatic rings. The normalized spacial score (nSPS) is 11.8. The fourth-order valence-electron chi connectivity index (χ4n) is 2.90. The number of tetrazole rings is 1. The van der Waals surface area contributed by atoms with E-state index in [1.165, 1.54) is 0 Å². The van der Waals surface area contributed by atoms with Crippen molar-refractivity contribution in [2.45, 2.75) is 26.2 Å². The SMILES string of the molecule is COc1cccc(C[C@@H](C(=O)Nc2cc(C)cc(C)c2)c2nnn[n-]2)c1. The van der Waals surface area contributed by atoms with Gasteiger partial charge in [-0.3, -0.25) is 15.1 Å². The molecule has 26 heavy (non-hydrogen) atoms. The van der Waals surface area contributed by atoms with Gasteiger partial charge in [0.2, 0.25) is 5.91 Å². The highest BCUT2D eigenvalue weighted by atomic mass is 16.5. The van der Waals surface area contributed by atoms with Crippen LogP contribution in [0.3, 0.4) is 0 Å². The van der Waals surface area contributed by atoms with E-state index < -0.39 is 5.92 Å². The second-order valence-corrected chi connectivity index (χ2v) is 6.21. The molecule has 0 unspecified atom stereocenters. The molecule has 0 saturated heterocycles. The van der Waals surface area contributed by atoms with Gasteiger partial charge < -0.3 is 15.2 Å². The second kappa shape index (κ2) is 7.77. The van der Waals surface area contributed by atoms with Gasteiger partial charge in [0.25, 0.3) is 0 Å². The van der Waals surface area contributed by atoms with Crippen molar-refractivity contribution < 1.29 is 9.53 Å². The number of hydrogen-bond donors (Lipinski definition) is 1. The van der Waals surface area contributed by atoms with Crippen LogP contribution in [-0.2, 0) is 11.2 Å². The summed E-state index contributed by atoms with van der Waals surface area (Å²) in [5, 5.41) is 17.8. The molecule has 7 nitrogen and oxygen atoms in total. The van der Waals surface area contributed by atoms with Gasteiger partial charge in [0.05, 0.1) is 13.0 Å². The Morgan fingerprint density at radius 1 is 1.19 bits per heavy atom. The summed E-state index contributed by atoms with van der Waals surface area (Å²) in [5.74, 6) is 0.232. The third kappa shape index (κ3) is 4.24. The Labute approximate surface area is 151 Å². The van der Waals surface area contributed by atoms with Crippen molar-refractivity contribution in [2.75, 3.05) is 12.4 Å². The van der Waals surface area contributed by atoms with Crippen molar-refractivity contribution in [1.29, 1.82) is 0 Å². The van der Waals surface area contributed by atoms with Crippen molar-refractivity contribution in [1.82, 2.24) is 20.6 Å². The molecule has 1 N–H and O–H groups in total. The van der Waals surface area contributed by atoms with Crippen molar-refractivity contribution >= 4 is 11.6 Å². The number of ether oxygens (including phenoxy) is 1. The predicted molar refractivity (Wildman–Crippen MR) is 97.1 cm³/mol. The number of carbonyl (C=O) groups excluding carboxylic acids is 1. The van der Waals surface area contributed by atoms with Gasteiger partial charge in [0, 0.05) is 11.5 Å². The first kappa shape index (κ1) is 17.6. The van der Waals surface area contributed by atoms with Crippen LogP contribution in [0, 0.1) is 13.8 Å². The first-order valence-electron chi connectivity index (χ1n) is 8.26. The Morgan fingerprint density at radius 3 is 2.62 bits per heavy atom. The minimum Gasteiger partial charge on any atom is -0.497 e. The van der Waals surface area contributed by atoms with Crippen LogP contribution in [0.1, 0.15) is 28.4 Å². The molecule has 0 saturated carbocycles. The number of carbonyl (C=O) groups is 1. The largest absolute Gasteiger partial charge is 0.497 e. The quantitative estimate of drug-likeness (QED) is 0.734. The van der Waals surface area contributed by atoms with E-state index in [1.807, 2.05) is 50.2 Å². The Bertz CT molecular complexity index is 872. The lowest BCUT2D eigenvalue weighted by atomic mass is 9.97. The lowest BCUT2D eigenvalue weighted by Crippen LogP contribution is -2.24. The molecule has 3 rings (SSSR count). The lowest BCUT2D eigenvalue weighted by Gasteiger charge is -2.18. The van der Waals surface area contributed by atoms with Gasteiger partial charge in [0.15, 0.2) is 0 Å². The highest BCUT2D eigenvalue weighted by Crippen LogP contribution is 2.23. The minimum atomic E-state index is -0.599. The van der Waals surface area contributed by atoms with Gasteiger partial charge in [0.1, 0.15) is 5.75 Å². The topological polar surface area (TPSA) is 91.1 Å². The molecular formula is C19H20N5O2-. The van der Waals surface area contributed by atoms with Gasteiger partial charge in [-0.25, -0.2) is 0 Å². The molecule has 0 aliphatic heterocycles. The Morgan fingerprint density at radius 2 is 1.96 bits per heavy atom. The zero-order valence-electron chi connectivity index (χ0n) is 14.9. The standard InChI is InChI=1S/C19H21N5O2/c1-12-7-13(2)9-15(8-12)20-19(25)17(18-21-23-24-22-18)11-14-5-4-6-16(10-14)26-3/h4-10,17H,11H2,1-3H3,(H2,20,21,22,23,24,25)/p-1/t17-/m1/s1. The molecule has 0 radical (unpaired) electrons. The van der Waals surface area contributed by atoms with Crippen LogP contribution in [0.5, 0.6) is 5.75 Å². The van der Waals surface area contributed by atoms with Crippen LogP contribution >= 0.6 is 0 Å². The molecule has 134 valence electrons. The van der Waals surface area contributed by atoms with Crippen LogP contribution in [0.4, 0.5) is 5.69 Å². The molecule has 7 heteroatoms. The molecule has 2 aromatic carbocycles. The van der Waals surface area contributed by atoms with E-state index in [1.54, 1.807) is 7.11 Å². The van der Waals surface area contributed by atoms with Crippen LogP contribution in [0.15, 0.2) is 42.5 Å². The molecule has 1 heterocycles. The van der Waals surface area contributed by atoms with E-state index in [0.29, 0.717) is 12.2 Å². The molecule has 0 aliphatic carbocycles. The predicted octanol–water partition coefficient (Wildman–Crippen LogP) is 2.42. The van der Waals surface area contributed by atoms with Gasteiger partial charge in [-0.05, 0) is 61.2 Å². The summed E-state index contributed by atoms with van der Waals surface area (Å²) < 4.78 is 5.25. The number of nitrogens with zero attached hydrogens (tertiary/aromatic N) is 4. The molecule has 1 atom stereocenters. The molecule has 0 fully saturated rings. The van der Waals surface area contributed by atoms with Gasteiger partial charge in [-0.2, -0.15) is 5.21 Å². The zero-order valence-corrected chi connectivity index (χ0v) is 14.9. The smallest absolute Gasteiger partial charge is 0.232 e. The van der Waals surface area contributed by atoms with Gasteiger partial charge >= 0.3 is 0 Å².